The van der Waals surface area contributed by atoms with E-state index >= 15 is 0 Å². The fourth-order valence-electron chi connectivity index (χ4n) is 0.959. The highest BCUT2D eigenvalue weighted by atomic mass is 32.2. The van der Waals surface area contributed by atoms with Gasteiger partial charge < -0.3 is 5.73 Å². The summed E-state index contributed by atoms with van der Waals surface area (Å²) in [6, 6.07) is -0.258. The first kappa shape index (κ1) is 12.4. The third-order valence-electron chi connectivity index (χ3n) is 1.41. The molecule has 0 bridgehead atoms. The summed E-state index contributed by atoms with van der Waals surface area (Å²) in [6.07, 6.45) is 2.60. The molecule has 0 aromatic rings. The van der Waals surface area contributed by atoms with E-state index in [9.17, 15) is 13.2 Å². The summed E-state index contributed by atoms with van der Waals surface area (Å²) in [7, 11) is -3.44. The summed E-state index contributed by atoms with van der Waals surface area (Å²) in [5.74, 6) is -0.538. The molecule has 0 fully saturated rings. The molecular formula is C7H16N2O3S. The Balaban J connectivity index is 3.88. The summed E-state index contributed by atoms with van der Waals surface area (Å²) >= 11 is 0. The molecule has 0 saturated carbocycles. The van der Waals surface area contributed by atoms with Crippen molar-refractivity contribution < 1.29 is 13.2 Å². The molecule has 1 amide bonds. The molecule has 0 aromatic heterocycles. The minimum Gasteiger partial charge on any atom is -0.327 e. The fourth-order valence-corrected chi connectivity index (χ4v) is 1.46. The molecule has 0 rings (SSSR count). The van der Waals surface area contributed by atoms with Crippen LogP contribution in [-0.2, 0) is 14.8 Å². The van der Waals surface area contributed by atoms with E-state index in [4.69, 9.17) is 5.73 Å². The molecule has 0 radical (unpaired) electrons. The van der Waals surface area contributed by atoms with Gasteiger partial charge in [0, 0.05) is 12.5 Å². The Kier molecular flexibility index (Phi) is 4.94. The van der Waals surface area contributed by atoms with Gasteiger partial charge in [0.05, 0.1) is 6.26 Å². The first-order valence-electron chi connectivity index (χ1n) is 4.11. The van der Waals surface area contributed by atoms with Gasteiger partial charge in [-0.05, 0) is 6.42 Å². The van der Waals surface area contributed by atoms with Crippen LogP contribution in [0.1, 0.15) is 26.2 Å². The van der Waals surface area contributed by atoms with Gasteiger partial charge in [-0.3, -0.25) is 9.52 Å². The second kappa shape index (κ2) is 5.18. The quantitative estimate of drug-likeness (QED) is 0.642. The van der Waals surface area contributed by atoms with Crippen LogP contribution in [0, 0.1) is 0 Å². The van der Waals surface area contributed by atoms with Crippen LogP contribution in [0.5, 0.6) is 0 Å². The van der Waals surface area contributed by atoms with Crippen LogP contribution < -0.4 is 10.5 Å². The lowest BCUT2D eigenvalue weighted by Gasteiger charge is -2.08. The molecule has 0 aromatic carbocycles. The summed E-state index contributed by atoms with van der Waals surface area (Å²) in [4.78, 5) is 11.0. The summed E-state index contributed by atoms with van der Waals surface area (Å²) in [5.41, 5.74) is 5.55. The maximum absolute atomic E-state index is 11.0. The minimum atomic E-state index is -3.44. The van der Waals surface area contributed by atoms with Gasteiger partial charge in [0.25, 0.3) is 0 Å². The van der Waals surface area contributed by atoms with Crippen LogP contribution in [0.15, 0.2) is 0 Å². The molecule has 0 spiro atoms. The first-order chi connectivity index (χ1) is 5.85. The molecule has 0 saturated heterocycles. The second-order valence-corrected chi connectivity index (χ2v) is 4.80. The van der Waals surface area contributed by atoms with Gasteiger partial charge in [0.1, 0.15) is 0 Å². The van der Waals surface area contributed by atoms with E-state index in [1.54, 1.807) is 0 Å². The topological polar surface area (TPSA) is 89.3 Å². The molecule has 6 heteroatoms. The maximum Gasteiger partial charge on any atom is 0.234 e. The van der Waals surface area contributed by atoms with Gasteiger partial charge in [-0.1, -0.05) is 13.3 Å². The van der Waals surface area contributed by atoms with Gasteiger partial charge in [0.15, 0.2) is 0 Å². The number of amides is 1. The molecule has 0 aliphatic rings. The maximum atomic E-state index is 11.0. The third kappa shape index (κ3) is 7.73. The van der Waals surface area contributed by atoms with Gasteiger partial charge in [-0.25, -0.2) is 8.42 Å². The average molecular weight is 208 g/mol. The van der Waals surface area contributed by atoms with Crippen molar-refractivity contribution >= 4 is 15.9 Å². The van der Waals surface area contributed by atoms with Crippen LogP contribution >= 0.6 is 0 Å². The monoisotopic (exact) mass is 208 g/mol. The molecule has 1 unspecified atom stereocenters. The molecule has 3 N–H and O–H groups in total. The Morgan fingerprint density at radius 2 is 2.08 bits per heavy atom. The van der Waals surface area contributed by atoms with Crippen LogP contribution in [0.3, 0.4) is 0 Å². The molecule has 13 heavy (non-hydrogen) atoms. The predicted octanol–water partition coefficient (Wildman–Crippen LogP) is -0.420. The van der Waals surface area contributed by atoms with Crippen molar-refractivity contribution in [1.29, 1.82) is 0 Å². The Morgan fingerprint density at radius 3 is 2.46 bits per heavy atom. The molecule has 0 heterocycles. The van der Waals surface area contributed by atoms with E-state index in [1.807, 2.05) is 11.6 Å². The molecule has 78 valence electrons. The molecular weight excluding hydrogens is 192 g/mol. The number of hydrogen-bond acceptors (Lipinski definition) is 4. The Labute approximate surface area is 78.7 Å². The zero-order chi connectivity index (χ0) is 10.5. The Bertz CT molecular complexity index is 261. The van der Waals surface area contributed by atoms with E-state index in [-0.39, 0.29) is 12.5 Å². The van der Waals surface area contributed by atoms with E-state index < -0.39 is 15.9 Å². The van der Waals surface area contributed by atoms with Gasteiger partial charge >= 0.3 is 0 Å². The average Bonchev–Trinajstić information content (AvgIpc) is 1.81. The molecule has 0 aliphatic heterocycles. The minimum absolute atomic E-state index is 0.0565. The highest BCUT2D eigenvalue weighted by Crippen LogP contribution is 1.98. The lowest BCUT2D eigenvalue weighted by molar-refractivity contribution is -0.119. The normalized spacial score (nSPS) is 13.8. The standard InChI is InChI=1S/C7H16N2O3S/c1-3-4-6(8)5-7(10)9-13(2,11)12/h6H,3-5,8H2,1-2H3,(H,9,10). The number of nitrogens with one attached hydrogen (secondary N) is 1. The first-order valence-corrected chi connectivity index (χ1v) is 6.00. The van der Waals surface area contributed by atoms with E-state index in [1.165, 1.54) is 0 Å². The Morgan fingerprint density at radius 1 is 1.54 bits per heavy atom. The van der Waals surface area contributed by atoms with Gasteiger partial charge in [-0.2, -0.15) is 0 Å². The summed E-state index contributed by atoms with van der Waals surface area (Å²) < 4.78 is 23.1. The smallest absolute Gasteiger partial charge is 0.234 e. The number of rotatable bonds is 5. The molecule has 0 aliphatic carbocycles. The molecule has 1 atom stereocenters. The van der Waals surface area contributed by atoms with Crippen LogP contribution in [0.25, 0.3) is 0 Å². The van der Waals surface area contributed by atoms with Crippen LogP contribution in [0.2, 0.25) is 0 Å². The second-order valence-electron chi connectivity index (χ2n) is 3.05. The van der Waals surface area contributed by atoms with Gasteiger partial charge in [0.2, 0.25) is 15.9 Å². The van der Waals surface area contributed by atoms with E-state index in [2.05, 4.69) is 0 Å². The van der Waals surface area contributed by atoms with Crippen molar-refractivity contribution in [2.24, 2.45) is 5.73 Å². The number of nitrogens with two attached hydrogens (primary N) is 1. The van der Waals surface area contributed by atoms with Crippen molar-refractivity contribution in [2.75, 3.05) is 6.26 Å². The number of hydrogen-bond donors (Lipinski definition) is 2. The van der Waals surface area contributed by atoms with Crippen LogP contribution in [-0.4, -0.2) is 26.6 Å². The Hall–Kier alpha value is -0.620. The predicted molar refractivity (Wildman–Crippen MR) is 50.5 cm³/mol. The zero-order valence-electron chi connectivity index (χ0n) is 7.91. The van der Waals surface area contributed by atoms with Crippen molar-refractivity contribution in [1.82, 2.24) is 4.72 Å². The number of carbonyl (C=O) groups excluding carboxylic acids is 1. The summed E-state index contributed by atoms with van der Waals surface area (Å²) in [6.45, 7) is 1.95. The lowest BCUT2D eigenvalue weighted by atomic mass is 10.1. The van der Waals surface area contributed by atoms with E-state index in [0.29, 0.717) is 0 Å². The SMILES string of the molecule is CCCC(N)CC(=O)NS(C)(=O)=O. The van der Waals surface area contributed by atoms with Crippen molar-refractivity contribution in [3.63, 3.8) is 0 Å². The van der Waals surface area contributed by atoms with E-state index in [0.717, 1.165) is 19.1 Å². The third-order valence-corrected chi connectivity index (χ3v) is 2.00. The summed E-state index contributed by atoms with van der Waals surface area (Å²) in [5, 5.41) is 0. The van der Waals surface area contributed by atoms with Gasteiger partial charge in [-0.15, -0.1) is 0 Å². The largest absolute Gasteiger partial charge is 0.327 e. The number of carbonyl (C=O) groups is 1. The lowest BCUT2D eigenvalue weighted by Crippen LogP contribution is -2.34. The van der Waals surface area contributed by atoms with Crippen LogP contribution in [0.4, 0.5) is 0 Å². The highest BCUT2D eigenvalue weighted by Gasteiger charge is 2.11. The zero-order valence-corrected chi connectivity index (χ0v) is 8.73. The fraction of sp³-hybridized carbons (Fsp3) is 0.857. The van der Waals surface area contributed by atoms with Crippen molar-refractivity contribution in [2.45, 2.75) is 32.2 Å². The highest BCUT2D eigenvalue weighted by molar-refractivity contribution is 7.89. The number of sulfonamides is 1. The van der Waals surface area contributed by atoms with Crippen molar-refractivity contribution in [3.8, 4) is 0 Å². The van der Waals surface area contributed by atoms with Crippen molar-refractivity contribution in [3.05, 3.63) is 0 Å². The molecule has 5 nitrogen and oxygen atoms in total.